The molecular weight excluding hydrogens is 294 g/mol. The first-order valence-corrected chi connectivity index (χ1v) is 7.44. The highest BCUT2D eigenvalue weighted by Gasteiger charge is 2.17. The maximum absolute atomic E-state index is 9.31. The van der Waals surface area contributed by atoms with Gasteiger partial charge in [-0.25, -0.2) is 10.8 Å². The molecular formula is C10H17N9OS. The first-order chi connectivity index (χ1) is 10.2. The number of anilines is 2. The molecule has 0 saturated heterocycles. The first-order valence-electron chi connectivity index (χ1n) is 6.15. The summed E-state index contributed by atoms with van der Waals surface area (Å²) in [5, 5.41) is 16.4. The number of nitrogens with two attached hydrogens (primary N) is 1. The van der Waals surface area contributed by atoms with Gasteiger partial charge in [0.15, 0.2) is 0 Å². The third-order valence-electron chi connectivity index (χ3n) is 2.77. The van der Waals surface area contributed by atoms with E-state index < -0.39 is 0 Å². The van der Waals surface area contributed by atoms with Crippen LogP contribution in [0.15, 0.2) is 12.7 Å². The van der Waals surface area contributed by atoms with E-state index in [1.807, 2.05) is 13.2 Å². The molecule has 2 heterocycles. The van der Waals surface area contributed by atoms with Crippen molar-refractivity contribution >= 4 is 23.7 Å². The van der Waals surface area contributed by atoms with E-state index in [9.17, 15) is 5.11 Å². The van der Waals surface area contributed by atoms with Crippen LogP contribution in [-0.4, -0.2) is 59.0 Å². The van der Waals surface area contributed by atoms with Gasteiger partial charge in [0.2, 0.25) is 11.9 Å². The number of rotatable bonds is 7. The Labute approximate surface area is 125 Å². The van der Waals surface area contributed by atoms with Crippen molar-refractivity contribution in [3.05, 3.63) is 12.7 Å². The van der Waals surface area contributed by atoms with Gasteiger partial charge in [0.25, 0.3) is 5.95 Å². The molecule has 21 heavy (non-hydrogen) atoms. The van der Waals surface area contributed by atoms with Gasteiger partial charge in [-0.05, 0) is 13.2 Å². The number of thioether (sulfide) groups is 1. The molecule has 0 aliphatic carbocycles. The van der Waals surface area contributed by atoms with Crippen molar-refractivity contribution in [3.8, 4) is 5.95 Å². The van der Waals surface area contributed by atoms with E-state index in [1.54, 1.807) is 11.8 Å². The van der Waals surface area contributed by atoms with Crippen molar-refractivity contribution in [3.63, 3.8) is 0 Å². The van der Waals surface area contributed by atoms with Gasteiger partial charge in [-0.15, -0.1) is 0 Å². The summed E-state index contributed by atoms with van der Waals surface area (Å²) < 4.78 is 1.40. The fourth-order valence-corrected chi connectivity index (χ4v) is 2.27. The van der Waals surface area contributed by atoms with Crippen LogP contribution in [0.3, 0.4) is 0 Å². The van der Waals surface area contributed by atoms with Crippen LogP contribution in [0.2, 0.25) is 0 Å². The summed E-state index contributed by atoms with van der Waals surface area (Å²) in [5.74, 6) is 6.19. The molecule has 11 heteroatoms. The van der Waals surface area contributed by atoms with Crippen molar-refractivity contribution in [2.45, 2.75) is 18.2 Å². The normalized spacial score (nSPS) is 13.7. The van der Waals surface area contributed by atoms with Crippen molar-refractivity contribution in [2.75, 3.05) is 23.6 Å². The summed E-state index contributed by atoms with van der Waals surface area (Å²) in [6.07, 6.45) is 4.78. The second-order valence-electron chi connectivity index (χ2n) is 4.16. The number of aromatic nitrogens is 6. The lowest BCUT2D eigenvalue weighted by molar-refractivity contribution is 0.288. The van der Waals surface area contributed by atoms with Crippen molar-refractivity contribution in [2.24, 2.45) is 5.84 Å². The topological polar surface area (TPSA) is 140 Å². The third-order valence-corrected chi connectivity index (χ3v) is 3.94. The molecule has 0 fully saturated rings. The highest BCUT2D eigenvalue weighted by atomic mass is 32.2. The average molecular weight is 311 g/mol. The Hall–Kier alpha value is -1.98. The maximum atomic E-state index is 9.31. The van der Waals surface area contributed by atoms with Crippen LogP contribution in [0.1, 0.15) is 6.92 Å². The molecule has 0 aromatic carbocycles. The molecule has 0 aliphatic rings. The van der Waals surface area contributed by atoms with Crippen LogP contribution in [0.5, 0.6) is 0 Å². The molecule has 0 radical (unpaired) electrons. The lowest BCUT2D eigenvalue weighted by Gasteiger charge is -2.21. The average Bonchev–Trinajstić information content (AvgIpc) is 3.02. The number of aliphatic hydroxyl groups is 1. The van der Waals surface area contributed by atoms with Crippen LogP contribution in [-0.2, 0) is 0 Å². The van der Waals surface area contributed by atoms with Crippen molar-refractivity contribution in [1.82, 2.24) is 29.7 Å². The zero-order chi connectivity index (χ0) is 15.2. The number of hydrogen-bond acceptors (Lipinski definition) is 10. The van der Waals surface area contributed by atoms with Gasteiger partial charge < -0.3 is 10.4 Å². The Kier molecular flexibility index (Phi) is 5.25. The van der Waals surface area contributed by atoms with Crippen molar-refractivity contribution < 1.29 is 5.11 Å². The maximum Gasteiger partial charge on any atom is 0.258 e. The molecule has 0 aliphatic heterocycles. The summed E-state index contributed by atoms with van der Waals surface area (Å²) in [6, 6.07) is -0.0402. The molecule has 0 amide bonds. The second kappa shape index (κ2) is 7.15. The Balaban J connectivity index is 2.25. The predicted octanol–water partition coefficient (Wildman–Crippen LogP) is -0.738. The lowest BCUT2D eigenvalue weighted by Crippen LogP contribution is -2.32. The largest absolute Gasteiger partial charge is 0.395 e. The molecule has 0 spiro atoms. The predicted molar refractivity (Wildman–Crippen MR) is 80.0 cm³/mol. The number of nitrogen functional groups attached to an aromatic ring is 1. The molecule has 0 saturated carbocycles. The van der Waals surface area contributed by atoms with Gasteiger partial charge in [-0.2, -0.15) is 36.5 Å². The fourth-order valence-electron chi connectivity index (χ4n) is 1.64. The second-order valence-corrected chi connectivity index (χ2v) is 5.23. The minimum absolute atomic E-state index is 0.0193. The van der Waals surface area contributed by atoms with E-state index in [1.165, 1.54) is 17.3 Å². The Morgan fingerprint density at radius 2 is 2.14 bits per heavy atom. The van der Waals surface area contributed by atoms with E-state index in [4.69, 9.17) is 5.84 Å². The smallest absolute Gasteiger partial charge is 0.258 e. The Morgan fingerprint density at radius 3 is 2.71 bits per heavy atom. The van der Waals surface area contributed by atoms with Gasteiger partial charge in [0, 0.05) is 11.3 Å². The van der Waals surface area contributed by atoms with E-state index in [2.05, 4.69) is 35.8 Å². The quantitative estimate of drug-likeness (QED) is 0.382. The number of nitrogens with one attached hydrogen (secondary N) is 2. The van der Waals surface area contributed by atoms with Crippen LogP contribution in [0.25, 0.3) is 5.95 Å². The molecule has 114 valence electrons. The van der Waals surface area contributed by atoms with Crippen LogP contribution < -0.4 is 16.6 Å². The van der Waals surface area contributed by atoms with E-state index in [-0.39, 0.29) is 29.8 Å². The molecule has 2 aromatic rings. The van der Waals surface area contributed by atoms with Crippen LogP contribution in [0, 0.1) is 0 Å². The Morgan fingerprint density at radius 1 is 1.38 bits per heavy atom. The molecule has 0 bridgehead atoms. The summed E-state index contributed by atoms with van der Waals surface area (Å²) in [5.41, 5.74) is 2.38. The van der Waals surface area contributed by atoms with Crippen LogP contribution in [0.4, 0.5) is 11.9 Å². The SMILES string of the molecule is CSC(CO)C(C)Nc1nc(NN)nc(-n2cncn2)n1. The Bertz CT molecular complexity index is 560. The molecule has 5 N–H and O–H groups in total. The third kappa shape index (κ3) is 3.77. The fraction of sp³-hybridized carbons (Fsp3) is 0.500. The molecule has 2 rings (SSSR count). The molecule has 2 atom stereocenters. The van der Waals surface area contributed by atoms with Crippen molar-refractivity contribution in [1.29, 1.82) is 0 Å². The van der Waals surface area contributed by atoms with Gasteiger partial charge in [0.1, 0.15) is 12.7 Å². The highest BCUT2D eigenvalue weighted by Crippen LogP contribution is 2.15. The van der Waals surface area contributed by atoms with Crippen LogP contribution >= 0.6 is 11.8 Å². The van der Waals surface area contributed by atoms with E-state index in [0.717, 1.165) is 0 Å². The van der Waals surface area contributed by atoms with E-state index in [0.29, 0.717) is 5.95 Å². The van der Waals surface area contributed by atoms with Gasteiger partial charge >= 0.3 is 0 Å². The van der Waals surface area contributed by atoms with E-state index >= 15 is 0 Å². The number of nitrogens with zero attached hydrogens (tertiary/aromatic N) is 6. The molecule has 2 unspecified atom stereocenters. The monoisotopic (exact) mass is 311 g/mol. The zero-order valence-corrected chi connectivity index (χ0v) is 12.4. The lowest BCUT2D eigenvalue weighted by atomic mass is 10.2. The number of hydrogen-bond donors (Lipinski definition) is 4. The highest BCUT2D eigenvalue weighted by molar-refractivity contribution is 7.99. The summed E-state index contributed by atoms with van der Waals surface area (Å²) in [6.45, 7) is 1.99. The zero-order valence-electron chi connectivity index (χ0n) is 11.6. The summed E-state index contributed by atoms with van der Waals surface area (Å²) in [7, 11) is 0. The number of hydrazine groups is 1. The molecule has 2 aromatic heterocycles. The first kappa shape index (κ1) is 15.4. The van der Waals surface area contributed by atoms with Gasteiger partial charge in [-0.1, -0.05) is 0 Å². The summed E-state index contributed by atoms with van der Waals surface area (Å²) in [4.78, 5) is 16.3. The molecule has 10 nitrogen and oxygen atoms in total. The van der Waals surface area contributed by atoms with Gasteiger partial charge in [0.05, 0.1) is 6.61 Å². The minimum atomic E-state index is -0.0402. The number of aliphatic hydroxyl groups excluding tert-OH is 1. The standard InChI is InChI=1S/C10H17N9OS/c1-6(7(3-20)21-2)14-8-15-9(18-11)17-10(16-8)19-5-12-4-13-19/h4-7,20H,3,11H2,1-2H3,(H2,14,15,16,17,18). The van der Waals surface area contributed by atoms with Gasteiger partial charge in [-0.3, -0.25) is 5.43 Å². The minimum Gasteiger partial charge on any atom is -0.395 e. The summed E-state index contributed by atoms with van der Waals surface area (Å²) >= 11 is 1.56.